The molecule has 0 radical (unpaired) electrons. The van der Waals surface area contributed by atoms with E-state index >= 15 is 0 Å². The van der Waals surface area contributed by atoms with Gasteiger partial charge in [-0.1, -0.05) is 70.6 Å². The quantitative estimate of drug-likeness (QED) is 0.185. The van der Waals surface area contributed by atoms with Gasteiger partial charge in [0.25, 0.3) is 0 Å². The zero-order valence-electron chi connectivity index (χ0n) is 22.5. The van der Waals surface area contributed by atoms with Crippen LogP contribution in [-0.2, 0) is 13.4 Å². The minimum atomic E-state index is -1.12. The van der Waals surface area contributed by atoms with E-state index in [1.807, 2.05) is 9.96 Å². The van der Waals surface area contributed by atoms with Gasteiger partial charge in [0.2, 0.25) is 6.41 Å². The van der Waals surface area contributed by atoms with Crippen LogP contribution in [0, 0.1) is 11.0 Å². The van der Waals surface area contributed by atoms with Gasteiger partial charge >= 0.3 is 102 Å². The summed E-state index contributed by atoms with van der Waals surface area (Å²) in [5.41, 5.74) is 2.25. The molecular weight excluding hydrogens is 530 g/mol. The number of carbonyl (C=O) groups excluding carboxylic acids is 2. The zero-order valence-corrected chi connectivity index (χ0v) is 25.2. The van der Waals surface area contributed by atoms with Crippen LogP contribution in [0.5, 0.6) is 0 Å². The second-order valence-electron chi connectivity index (χ2n) is 9.52. The number of nitrogens with zero attached hydrogens (tertiary/aromatic N) is 3. The number of hydrogen-bond acceptors (Lipinski definition) is 6. The van der Waals surface area contributed by atoms with Gasteiger partial charge in [-0.2, -0.15) is 4.39 Å². The fourth-order valence-electron chi connectivity index (χ4n) is 3.72. The van der Waals surface area contributed by atoms with E-state index in [0.717, 1.165) is 41.2 Å². The van der Waals surface area contributed by atoms with Crippen LogP contribution in [-0.4, -0.2) is 67.9 Å². The first-order valence-corrected chi connectivity index (χ1v) is 17.5. The molecule has 2 aliphatic rings. The van der Waals surface area contributed by atoms with Crippen molar-refractivity contribution >= 4 is 43.8 Å². The normalized spacial score (nSPS) is 17.7. The van der Waals surface area contributed by atoms with E-state index in [4.69, 9.17) is 3.83 Å². The standard InChI is InChI=1S/C11H21AsN2O2.C10H22.C4H3FN2OS/c1-9(2)14-7-6-13(8-11(14)15)16-12(3)10-4-5-10;1-4-6-7-9-10(3)8-5-2;5-3-1-6-4(9-3)7-2-8/h9-10H,4-8H2,1-3H3;10H,4-9H2,1-3H3;1-2H,(H,6,7,8). The van der Waals surface area contributed by atoms with Gasteiger partial charge < -0.3 is 5.32 Å². The van der Waals surface area contributed by atoms with Crippen LogP contribution in [0.3, 0.4) is 0 Å². The zero-order chi connectivity index (χ0) is 26.2. The van der Waals surface area contributed by atoms with Crippen molar-refractivity contribution in [3.05, 3.63) is 11.3 Å². The average Bonchev–Trinajstić information content (AvgIpc) is 3.57. The van der Waals surface area contributed by atoms with Gasteiger partial charge in [0.1, 0.15) is 0 Å². The summed E-state index contributed by atoms with van der Waals surface area (Å²) in [7, 11) is 0. The Kier molecular flexibility index (Phi) is 16.7. The second-order valence-corrected chi connectivity index (χ2v) is 14.7. The van der Waals surface area contributed by atoms with Crippen molar-refractivity contribution in [1.29, 1.82) is 0 Å². The number of thiazole rings is 1. The molecule has 1 aromatic rings. The molecule has 3 rings (SSSR count). The van der Waals surface area contributed by atoms with Gasteiger partial charge in [0, 0.05) is 0 Å². The van der Waals surface area contributed by atoms with Crippen LogP contribution in [0.15, 0.2) is 6.20 Å². The predicted molar refractivity (Wildman–Crippen MR) is 144 cm³/mol. The Hall–Kier alpha value is -1.02. The molecule has 1 aliphatic heterocycles. The average molecular weight is 577 g/mol. The van der Waals surface area contributed by atoms with Gasteiger partial charge in [-0.25, -0.2) is 4.98 Å². The molecule has 1 aromatic heterocycles. The fraction of sp³-hybridized carbons (Fsp3) is 0.800. The number of unbranched alkanes of at least 4 members (excludes halogenated alkanes) is 2. The molecule has 1 saturated heterocycles. The Morgan fingerprint density at radius 1 is 1.23 bits per heavy atom. The van der Waals surface area contributed by atoms with Crippen molar-refractivity contribution in [3.8, 4) is 0 Å². The van der Waals surface area contributed by atoms with Crippen molar-refractivity contribution in [2.24, 2.45) is 5.92 Å². The maximum atomic E-state index is 12.1. The third-order valence-electron chi connectivity index (χ3n) is 5.89. The molecule has 1 saturated carbocycles. The summed E-state index contributed by atoms with van der Waals surface area (Å²) in [4.78, 5) is 27.0. The van der Waals surface area contributed by atoms with E-state index in [2.05, 4.69) is 50.6 Å². The summed E-state index contributed by atoms with van der Waals surface area (Å²) in [6.07, 6.45) is 12.6. The summed E-state index contributed by atoms with van der Waals surface area (Å²) in [5, 5.41) is 3.99. The van der Waals surface area contributed by atoms with Crippen LogP contribution in [0.25, 0.3) is 0 Å². The maximum Gasteiger partial charge on any atom is 0.213 e. The first-order valence-electron chi connectivity index (χ1n) is 13.0. The Morgan fingerprint density at radius 2 is 1.94 bits per heavy atom. The van der Waals surface area contributed by atoms with Gasteiger partial charge in [0.15, 0.2) is 10.3 Å². The molecule has 10 heteroatoms. The topological polar surface area (TPSA) is 74.8 Å². The number of amides is 2. The molecular formula is C25H46AsFN4O3S. The summed E-state index contributed by atoms with van der Waals surface area (Å²) in [6.45, 7) is 13.2. The Bertz CT molecular complexity index is 721. The third-order valence-corrected chi connectivity index (χ3v) is 10.9. The number of hydrogen-bond donors (Lipinski definition) is 1. The Morgan fingerprint density at radius 3 is 2.43 bits per heavy atom. The monoisotopic (exact) mass is 576 g/mol. The molecule has 7 nitrogen and oxygen atoms in total. The van der Waals surface area contributed by atoms with Crippen molar-refractivity contribution in [2.45, 2.75) is 102 Å². The van der Waals surface area contributed by atoms with Gasteiger partial charge in [-0.15, -0.1) is 0 Å². The summed E-state index contributed by atoms with van der Waals surface area (Å²) in [5.74, 6) is 1.18. The Balaban J connectivity index is 0.000000280. The minimum absolute atomic E-state index is 0.208. The number of hydroxylamine groups is 2. The molecule has 2 amide bonds. The molecule has 2 atom stereocenters. The SMILES string of the molecule is CC(C)N1CCN(O[As](C)C2CC2)CC1=O.CCCCCC(C)CCC.O=CNc1ncc(F)s1. The van der Waals surface area contributed by atoms with Crippen LogP contribution in [0.1, 0.15) is 86.0 Å². The van der Waals surface area contributed by atoms with Crippen molar-refractivity contribution < 1.29 is 17.8 Å². The molecule has 2 unspecified atom stereocenters. The summed E-state index contributed by atoms with van der Waals surface area (Å²) >= 11 is -0.329. The number of nitrogens with one attached hydrogen (secondary N) is 1. The van der Waals surface area contributed by atoms with E-state index in [-0.39, 0.29) is 11.0 Å². The number of anilines is 1. The number of piperazine rings is 1. The van der Waals surface area contributed by atoms with Gasteiger partial charge in [0.05, 0.1) is 6.20 Å². The molecule has 1 N–H and O–H groups in total. The van der Waals surface area contributed by atoms with Crippen LogP contribution >= 0.6 is 11.3 Å². The van der Waals surface area contributed by atoms with Gasteiger partial charge in [-0.05, 0) is 5.92 Å². The summed E-state index contributed by atoms with van der Waals surface area (Å²) < 4.78 is 18.9. The number of carbonyl (C=O) groups is 2. The fourth-order valence-corrected chi connectivity index (χ4v) is 7.40. The van der Waals surface area contributed by atoms with E-state index in [1.54, 1.807) is 0 Å². The molecule has 2 heterocycles. The molecule has 0 aromatic carbocycles. The predicted octanol–water partition coefficient (Wildman–Crippen LogP) is 6.11. The summed E-state index contributed by atoms with van der Waals surface area (Å²) in [6, 6.07) is 0.313. The first kappa shape index (κ1) is 32.0. The van der Waals surface area contributed by atoms with Crippen LogP contribution in [0.4, 0.5) is 9.52 Å². The number of halogens is 1. The van der Waals surface area contributed by atoms with E-state index in [9.17, 15) is 14.0 Å². The van der Waals surface area contributed by atoms with E-state index in [1.165, 1.54) is 51.4 Å². The van der Waals surface area contributed by atoms with Gasteiger partial charge in [-0.3, -0.25) is 4.79 Å². The van der Waals surface area contributed by atoms with Crippen molar-refractivity contribution in [1.82, 2.24) is 14.9 Å². The van der Waals surface area contributed by atoms with Crippen molar-refractivity contribution in [2.75, 3.05) is 25.0 Å². The van der Waals surface area contributed by atoms with E-state index in [0.29, 0.717) is 19.0 Å². The molecule has 1 aliphatic carbocycles. The first-order chi connectivity index (χ1) is 16.7. The molecule has 202 valence electrons. The van der Waals surface area contributed by atoms with E-state index < -0.39 is 20.1 Å². The van der Waals surface area contributed by atoms with Crippen molar-refractivity contribution in [3.63, 3.8) is 0 Å². The third kappa shape index (κ3) is 14.3. The number of aromatic nitrogens is 1. The van der Waals surface area contributed by atoms with Crippen LogP contribution < -0.4 is 5.32 Å². The molecule has 0 spiro atoms. The smallest absolute Gasteiger partial charge is 0.213 e. The minimum Gasteiger partial charge on any atom is -0.305 e. The Labute approximate surface area is 220 Å². The number of rotatable bonds is 12. The maximum absolute atomic E-state index is 12.1. The second kappa shape index (κ2) is 18.3. The molecule has 2 fully saturated rings. The molecule has 35 heavy (non-hydrogen) atoms. The van der Waals surface area contributed by atoms with Crippen LogP contribution in [0.2, 0.25) is 10.4 Å². The molecule has 0 bridgehead atoms. The largest absolute Gasteiger partial charge is 0.305 e.